The molecule has 0 spiro atoms. The fraction of sp³-hybridized carbons (Fsp3) is 0.450. The van der Waals surface area contributed by atoms with Crippen LogP contribution in [0.4, 0.5) is 5.95 Å². The lowest BCUT2D eigenvalue weighted by Gasteiger charge is -2.33. The van der Waals surface area contributed by atoms with Gasteiger partial charge in [0, 0.05) is 34.8 Å². The highest BCUT2D eigenvalue weighted by atomic mass is 32.1. The Bertz CT molecular complexity index is 974. The van der Waals surface area contributed by atoms with Crippen LogP contribution in [-0.2, 0) is 0 Å². The Kier molecular flexibility index (Phi) is 5.43. The van der Waals surface area contributed by atoms with E-state index < -0.39 is 0 Å². The summed E-state index contributed by atoms with van der Waals surface area (Å²) in [4.78, 5) is 6.84. The molecule has 0 saturated carbocycles. The van der Waals surface area contributed by atoms with E-state index in [1.807, 2.05) is 37.4 Å². The van der Waals surface area contributed by atoms with Gasteiger partial charge in [-0.25, -0.2) is 4.98 Å². The van der Waals surface area contributed by atoms with E-state index in [1.54, 1.807) is 11.3 Å². The number of phenols is 1. The third-order valence-corrected chi connectivity index (χ3v) is 5.97. The van der Waals surface area contributed by atoms with E-state index in [0.717, 1.165) is 41.7 Å². The molecule has 4 rings (SSSR count). The van der Waals surface area contributed by atoms with Gasteiger partial charge in [0.25, 0.3) is 0 Å². The highest BCUT2D eigenvalue weighted by Crippen LogP contribution is 2.37. The number of nitrogens with one attached hydrogen (secondary N) is 1. The van der Waals surface area contributed by atoms with Crippen molar-refractivity contribution in [2.24, 2.45) is 0 Å². The predicted molar refractivity (Wildman–Crippen MR) is 112 cm³/mol. The lowest BCUT2D eigenvalue weighted by molar-refractivity contribution is 0.110. The molecule has 148 valence electrons. The zero-order valence-corrected chi connectivity index (χ0v) is 16.9. The zero-order valence-electron chi connectivity index (χ0n) is 16.1. The lowest BCUT2D eigenvalue weighted by atomic mass is 10.1. The van der Waals surface area contributed by atoms with Crippen molar-refractivity contribution in [3.05, 3.63) is 29.3 Å². The first-order chi connectivity index (χ1) is 13.5. The number of aliphatic hydroxyl groups is 1. The number of hydrogen-bond acceptors (Lipinski definition) is 8. The number of nitrogens with zero attached hydrogens (tertiary/aromatic N) is 4. The SMILES string of the molecule is Cc1nc(N[C@@H]2CCCN(C[C@@H](C)O)C2)nnc1-c1ccc2sccc2c1O. The van der Waals surface area contributed by atoms with Gasteiger partial charge in [0.2, 0.25) is 5.95 Å². The summed E-state index contributed by atoms with van der Waals surface area (Å²) in [6.45, 7) is 6.23. The van der Waals surface area contributed by atoms with Gasteiger partial charge in [0.15, 0.2) is 0 Å². The van der Waals surface area contributed by atoms with E-state index >= 15 is 0 Å². The molecule has 2 aromatic heterocycles. The number of benzene rings is 1. The van der Waals surface area contributed by atoms with Gasteiger partial charge in [0.05, 0.1) is 11.8 Å². The van der Waals surface area contributed by atoms with Crippen LogP contribution >= 0.6 is 11.3 Å². The van der Waals surface area contributed by atoms with E-state index in [2.05, 4.69) is 25.4 Å². The highest BCUT2D eigenvalue weighted by molar-refractivity contribution is 7.17. The minimum Gasteiger partial charge on any atom is -0.507 e. The summed E-state index contributed by atoms with van der Waals surface area (Å²) in [7, 11) is 0. The number of piperidine rings is 1. The number of aromatic hydroxyl groups is 1. The van der Waals surface area contributed by atoms with Gasteiger partial charge >= 0.3 is 0 Å². The first-order valence-electron chi connectivity index (χ1n) is 9.59. The second-order valence-electron chi connectivity index (χ2n) is 7.46. The highest BCUT2D eigenvalue weighted by Gasteiger charge is 2.22. The molecular weight excluding hydrogens is 374 g/mol. The maximum Gasteiger partial charge on any atom is 0.243 e. The van der Waals surface area contributed by atoms with Crippen molar-refractivity contribution in [3.8, 4) is 17.0 Å². The number of phenolic OH excluding ortho intramolecular Hbond substituents is 1. The van der Waals surface area contributed by atoms with Crippen molar-refractivity contribution in [3.63, 3.8) is 0 Å². The Morgan fingerprint density at radius 3 is 2.96 bits per heavy atom. The molecule has 1 aliphatic rings. The molecule has 1 saturated heterocycles. The first kappa shape index (κ1) is 19.0. The van der Waals surface area contributed by atoms with Crippen molar-refractivity contribution < 1.29 is 10.2 Å². The molecule has 0 amide bonds. The van der Waals surface area contributed by atoms with E-state index in [9.17, 15) is 10.2 Å². The van der Waals surface area contributed by atoms with Crippen molar-refractivity contribution >= 4 is 27.4 Å². The number of anilines is 1. The second-order valence-corrected chi connectivity index (χ2v) is 8.40. The van der Waals surface area contributed by atoms with Gasteiger partial charge < -0.3 is 15.5 Å². The monoisotopic (exact) mass is 399 g/mol. The summed E-state index contributed by atoms with van der Waals surface area (Å²) in [6.07, 6.45) is 1.78. The van der Waals surface area contributed by atoms with E-state index in [4.69, 9.17) is 0 Å². The van der Waals surface area contributed by atoms with Crippen LogP contribution in [-0.4, -0.2) is 62.1 Å². The molecule has 3 aromatic rings. The quantitative estimate of drug-likeness (QED) is 0.607. The molecule has 0 bridgehead atoms. The molecule has 1 aliphatic heterocycles. The number of fused-ring (bicyclic) bond motifs is 1. The molecule has 3 N–H and O–H groups in total. The molecule has 7 nitrogen and oxygen atoms in total. The lowest BCUT2D eigenvalue weighted by Crippen LogP contribution is -2.44. The van der Waals surface area contributed by atoms with Crippen molar-refractivity contribution in [2.75, 3.05) is 25.0 Å². The molecule has 1 fully saturated rings. The Morgan fingerprint density at radius 2 is 2.18 bits per heavy atom. The van der Waals surface area contributed by atoms with Gasteiger partial charge in [0.1, 0.15) is 11.4 Å². The standard InChI is InChI=1S/C20H25N5O2S/c1-12(26)10-25-8-3-4-14(11-25)22-20-21-13(2)18(23-24-20)16-5-6-17-15(19(16)27)7-9-28-17/h5-7,9,12,14,26-27H,3-4,8,10-11H2,1-2H3,(H,21,22,24)/t12-,14-/m1/s1. The Morgan fingerprint density at radius 1 is 1.32 bits per heavy atom. The number of hydrogen-bond donors (Lipinski definition) is 3. The van der Waals surface area contributed by atoms with Gasteiger partial charge in [-0.15, -0.1) is 21.5 Å². The Hall–Kier alpha value is -2.29. The molecule has 0 radical (unpaired) electrons. The van der Waals surface area contributed by atoms with Crippen LogP contribution in [0.25, 0.3) is 21.3 Å². The maximum absolute atomic E-state index is 10.6. The summed E-state index contributed by atoms with van der Waals surface area (Å²) in [5.74, 6) is 0.723. The third-order valence-electron chi connectivity index (χ3n) is 5.08. The van der Waals surface area contributed by atoms with Crippen LogP contribution in [0.5, 0.6) is 5.75 Å². The van der Waals surface area contributed by atoms with Crippen molar-refractivity contribution in [1.82, 2.24) is 20.1 Å². The van der Waals surface area contributed by atoms with E-state index in [-0.39, 0.29) is 17.9 Å². The number of likely N-dealkylation sites (tertiary alicyclic amines) is 1. The van der Waals surface area contributed by atoms with Crippen LogP contribution in [0.3, 0.4) is 0 Å². The van der Waals surface area contributed by atoms with Gasteiger partial charge in [-0.05, 0) is 56.8 Å². The van der Waals surface area contributed by atoms with Crippen LogP contribution in [0.2, 0.25) is 0 Å². The predicted octanol–water partition coefficient (Wildman–Crippen LogP) is 3.02. The fourth-order valence-electron chi connectivity index (χ4n) is 3.83. The van der Waals surface area contributed by atoms with Gasteiger partial charge in [-0.2, -0.15) is 0 Å². The Labute approximate surface area is 168 Å². The van der Waals surface area contributed by atoms with Crippen molar-refractivity contribution in [1.29, 1.82) is 0 Å². The number of aromatic nitrogens is 3. The summed E-state index contributed by atoms with van der Waals surface area (Å²) in [5, 5.41) is 35.0. The maximum atomic E-state index is 10.6. The summed E-state index contributed by atoms with van der Waals surface area (Å²) in [6, 6.07) is 6.00. The molecule has 3 heterocycles. The van der Waals surface area contributed by atoms with Crippen LogP contribution in [0.1, 0.15) is 25.5 Å². The molecule has 8 heteroatoms. The third kappa shape index (κ3) is 3.94. The molecule has 28 heavy (non-hydrogen) atoms. The number of β-amino-alcohol motifs (C(OH)–C–C–N with tert-alkyl or cyclic N) is 1. The molecule has 2 atom stereocenters. The van der Waals surface area contributed by atoms with Gasteiger partial charge in [-0.3, -0.25) is 4.90 Å². The largest absolute Gasteiger partial charge is 0.507 e. The smallest absolute Gasteiger partial charge is 0.243 e. The average molecular weight is 400 g/mol. The molecule has 0 unspecified atom stereocenters. The number of aryl methyl sites for hydroxylation is 1. The minimum absolute atomic E-state index is 0.222. The number of aliphatic hydroxyl groups excluding tert-OH is 1. The molecular formula is C20H25N5O2S. The normalized spacial score (nSPS) is 19.0. The number of thiophene rings is 1. The minimum atomic E-state index is -0.327. The van der Waals surface area contributed by atoms with Crippen LogP contribution < -0.4 is 5.32 Å². The topological polar surface area (TPSA) is 94.4 Å². The second kappa shape index (κ2) is 7.98. The molecule has 1 aromatic carbocycles. The summed E-state index contributed by atoms with van der Waals surface area (Å²) >= 11 is 1.59. The van der Waals surface area contributed by atoms with E-state index in [0.29, 0.717) is 23.8 Å². The summed E-state index contributed by atoms with van der Waals surface area (Å²) < 4.78 is 1.04. The van der Waals surface area contributed by atoms with E-state index in [1.165, 1.54) is 0 Å². The zero-order chi connectivity index (χ0) is 19.7. The first-order valence-corrected chi connectivity index (χ1v) is 10.5. The molecule has 0 aliphatic carbocycles. The summed E-state index contributed by atoms with van der Waals surface area (Å²) in [5.41, 5.74) is 1.96. The van der Waals surface area contributed by atoms with Crippen LogP contribution in [0, 0.1) is 6.92 Å². The average Bonchev–Trinajstić information content (AvgIpc) is 3.12. The van der Waals surface area contributed by atoms with Gasteiger partial charge in [-0.1, -0.05) is 0 Å². The fourth-order valence-corrected chi connectivity index (χ4v) is 4.62. The van der Waals surface area contributed by atoms with Crippen molar-refractivity contribution in [2.45, 2.75) is 38.8 Å². The van der Waals surface area contributed by atoms with Crippen LogP contribution in [0.15, 0.2) is 23.6 Å². The number of rotatable bonds is 5. The Balaban J connectivity index is 1.52.